The SMILES string of the molecule is CCNC(=O)c1ccc(C(C)=O)s1. The van der Waals surface area contributed by atoms with E-state index in [1.807, 2.05) is 6.92 Å². The van der Waals surface area contributed by atoms with Crippen LogP contribution in [0.3, 0.4) is 0 Å². The Bertz CT molecular complexity index is 330. The van der Waals surface area contributed by atoms with Crippen molar-refractivity contribution in [2.75, 3.05) is 6.54 Å². The van der Waals surface area contributed by atoms with Gasteiger partial charge in [-0.1, -0.05) is 0 Å². The molecular formula is C9H11NO2S. The quantitative estimate of drug-likeness (QED) is 0.750. The van der Waals surface area contributed by atoms with E-state index in [9.17, 15) is 9.59 Å². The van der Waals surface area contributed by atoms with E-state index in [-0.39, 0.29) is 11.7 Å². The van der Waals surface area contributed by atoms with E-state index in [0.717, 1.165) is 0 Å². The van der Waals surface area contributed by atoms with Gasteiger partial charge >= 0.3 is 0 Å². The smallest absolute Gasteiger partial charge is 0.261 e. The summed E-state index contributed by atoms with van der Waals surface area (Å²) in [6.07, 6.45) is 0. The first kappa shape index (κ1) is 9.92. The van der Waals surface area contributed by atoms with Gasteiger partial charge in [-0.25, -0.2) is 0 Å². The Morgan fingerprint density at radius 2 is 2.00 bits per heavy atom. The van der Waals surface area contributed by atoms with Crippen LogP contribution in [0.5, 0.6) is 0 Å². The van der Waals surface area contributed by atoms with Crippen LogP contribution in [-0.2, 0) is 0 Å². The molecule has 1 heterocycles. The van der Waals surface area contributed by atoms with E-state index >= 15 is 0 Å². The van der Waals surface area contributed by atoms with Crippen LogP contribution in [0, 0.1) is 0 Å². The summed E-state index contributed by atoms with van der Waals surface area (Å²) >= 11 is 1.23. The topological polar surface area (TPSA) is 46.2 Å². The Morgan fingerprint density at radius 3 is 2.46 bits per heavy atom. The van der Waals surface area contributed by atoms with Crippen molar-refractivity contribution in [3.8, 4) is 0 Å². The second-order valence-electron chi connectivity index (χ2n) is 2.58. The fourth-order valence-electron chi connectivity index (χ4n) is 0.897. The number of rotatable bonds is 3. The second-order valence-corrected chi connectivity index (χ2v) is 3.66. The predicted molar refractivity (Wildman–Crippen MR) is 52.3 cm³/mol. The average molecular weight is 197 g/mol. The highest BCUT2D eigenvalue weighted by Crippen LogP contribution is 2.16. The van der Waals surface area contributed by atoms with Crippen molar-refractivity contribution in [1.29, 1.82) is 0 Å². The molecule has 1 aromatic rings. The Hall–Kier alpha value is -1.16. The van der Waals surface area contributed by atoms with Crippen LogP contribution in [-0.4, -0.2) is 18.2 Å². The van der Waals surface area contributed by atoms with Crippen molar-refractivity contribution in [2.45, 2.75) is 13.8 Å². The maximum atomic E-state index is 11.3. The summed E-state index contributed by atoms with van der Waals surface area (Å²) in [6, 6.07) is 3.35. The van der Waals surface area contributed by atoms with Gasteiger partial charge < -0.3 is 5.32 Å². The van der Waals surface area contributed by atoms with Gasteiger partial charge in [0.15, 0.2) is 5.78 Å². The van der Waals surface area contributed by atoms with E-state index in [0.29, 0.717) is 16.3 Å². The summed E-state index contributed by atoms with van der Waals surface area (Å²) in [7, 11) is 0. The van der Waals surface area contributed by atoms with Crippen molar-refractivity contribution in [3.05, 3.63) is 21.9 Å². The number of thiophene rings is 1. The monoisotopic (exact) mass is 197 g/mol. The van der Waals surface area contributed by atoms with Gasteiger partial charge in [-0.3, -0.25) is 9.59 Å². The van der Waals surface area contributed by atoms with E-state index in [1.54, 1.807) is 12.1 Å². The number of hydrogen-bond donors (Lipinski definition) is 1. The number of carbonyl (C=O) groups excluding carboxylic acids is 2. The lowest BCUT2D eigenvalue weighted by molar-refractivity contribution is 0.0959. The Labute approximate surface area is 80.8 Å². The largest absolute Gasteiger partial charge is 0.352 e. The zero-order chi connectivity index (χ0) is 9.84. The Morgan fingerprint density at radius 1 is 1.38 bits per heavy atom. The highest BCUT2D eigenvalue weighted by Gasteiger charge is 2.09. The molecule has 0 saturated carbocycles. The third kappa shape index (κ3) is 2.39. The summed E-state index contributed by atoms with van der Waals surface area (Å²) in [5.41, 5.74) is 0. The fourth-order valence-corrected chi connectivity index (χ4v) is 1.71. The molecule has 1 N–H and O–H groups in total. The number of amides is 1. The highest BCUT2D eigenvalue weighted by molar-refractivity contribution is 7.15. The molecular weight excluding hydrogens is 186 g/mol. The normalized spacial score (nSPS) is 9.69. The molecule has 0 unspecified atom stereocenters. The zero-order valence-corrected chi connectivity index (χ0v) is 8.40. The van der Waals surface area contributed by atoms with Crippen LogP contribution in [0.1, 0.15) is 33.2 Å². The molecule has 0 bridgehead atoms. The molecule has 1 aromatic heterocycles. The molecule has 70 valence electrons. The van der Waals surface area contributed by atoms with Crippen LogP contribution >= 0.6 is 11.3 Å². The van der Waals surface area contributed by atoms with E-state index < -0.39 is 0 Å². The lowest BCUT2D eigenvalue weighted by Crippen LogP contribution is -2.21. The molecule has 0 atom stereocenters. The molecule has 0 spiro atoms. The summed E-state index contributed by atoms with van der Waals surface area (Å²) in [6.45, 7) is 3.96. The summed E-state index contributed by atoms with van der Waals surface area (Å²) in [4.78, 5) is 23.4. The standard InChI is InChI=1S/C9H11NO2S/c1-3-10-9(12)8-5-4-7(13-8)6(2)11/h4-5H,3H2,1-2H3,(H,10,12). The molecule has 0 radical (unpaired) electrons. The highest BCUT2D eigenvalue weighted by atomic mass is 32.1. The minimum Gasteiger partial charge on any atom is -0.352 e. The van der Waals surface area contributed by atoms with Gasteiger partial charge in [-0.15, -0.1) is 11.3 Å². The summed E-state index contributed by atoms with van der Waals surface area (Å²) < 4.78 is 0. The molecule has 0 fully saturated rings. The fraction of sp³-hybridized carbons (Fsp3) is 0.333. The minimum atomic E-state index is -0.111. The molecule has 0 aromatic carbocycles. The van der Waals surface area contributed by atoms with Crippen molar-refractivity contribution < 1.29 is 9.59 Å². The number of carbonyl (C=O) groups is 2. The number of ketones is 1. The van der Waals surface area contributed by atoms with Gasteiger partial charge in [0, 0.05) is 6.54 Å². The number of nitrogens with one attached hydrogen (secondary N) is 1. The zero-order valence-electron chi connectivity index (χ0n) is 7.59. The van der Waals surface area contributed by atoms with Gasteiger partial charge in [-0.2, -0.15) is 0 Å². The molecule has 0 aliphatic heterocycles. The number of Topliss-reactive ketones (excluding diaryl/α,β-unsaturated/α-hetero) is 1. The molecule has 3 nitrogen and oxygen atoms in total. The van der Waals surface area contributed by atoms with Gasteiger partial charge in [0.25, 0.3) is 5.91 Å². The van der Waals surface area contributed by atoms with E-state index in [1.165, 1.54) is 18.3 Å². The van der Waals surface area contributed by atoms with Crippen LogP contribution < -0.4 is 5.32 Å². The van der Waals surface area contributed by atoms with Crippen molar-refractivity contribution in [1.82, 2.24) is 5.32 Å². The third-order valence-corrected chi connectivity index (χ3v) is 2.70. The van der Waals surface area contributed by atoms with Crippen LogP contribution in [0.4, 0.5) is 0 Å². The van der Waals surface area contributed by atoms with Gasteiger partial charge in [0.2, 0.25) is 0 Å². The third-order valence-electron chi connectivity index (χ3n) is 1.51. The van der Waals surface area contributed by atoms with Crippen molar-refractivity contribution in [3.63, 3.8) is 0 Å². The van der Waals surface area contributed by atoms with E-state index in [4.69, 9.17) is 0 Å². The average Bonchev–Trinajstić information content (AvgIpc) is 2.52. The predicted octanol–water partition coefficient (Wildman–Crippen LogP) is 1.70. The van der Waals surface area contributed by atoms with Crippen LogP contribution in [0.15, 0.2) is 12.1 Å². The first-order chi connectivity index (χ1) is 6.15. The van der Waals surface area contributed by atoms with Crippen LogP contribution in [0.2, 0.25) is 0 Å². The lowest BCUT2D eigenvalue weighted by Gasteiger charge is -1.96. The number of hydrogen-bond acceptors (Lipinski definition) is 3. The summed E-state index contributed by atoms with van der Waals surface area (Å²) in [5, 5.41) is 2.67. The maximum Gasteiger partial charge on any atom is 0.261 e. The Balaban J connectivity index is 2.79. The molecule has 0 saturated heterocycles. The van der Waals surface area contributed by atoms with Crippen molar-refractivity contribution in [2.24, 2.45) is 0 Å². The van der Waals surface area contributed by atoms with E-state index in [2.05, 4.69) is 5.32 Å². The Kier molecular flexibility index (Phi) is 3.19. The van der Waals surface area contributed by atoms with Gasteiger partial charge in [0.05, 0.1) is 9.75 Å². The minimum absolute atomic E-state index is 0.000508. The molecule has 13 heavy (non-hydrogen) atoms. The molecule has 4 heteroatoms. The van der Waals surface area contributed by atoms with Gasteiger partial charge in [0.1, 0.15) is 0 Å². The second kappa shape index (κ2) is 4.18. The molecule has 0 aliphatic carbocycles. The molecule has 0 aliphatic rings. The first-order valence-corrected chi connectivity index (χ1v) is 4.85. The van der Waals surface area contributed by atoms with Crippen molar-refractivity contribution >= 4 is 23.0 Å². The van der Waals surface area contributed by atoms with Gasteiger partial charge in [-0.05, 0) is 26.0 Å². The lowest BCUT2D eigenvalue weighted by atomic mass is 10.3. The molecule has 1 rings (SSSR count). The summed E-state index contributed by atoms with van der Waals surface area (Å²) in [5.74, 6) is -0.111. The first-order valence-electron chi connectivity index (χ1n) is 4.04. The van der Waals surface area contributed by atoms with Crippen LogP contribution in [0.25, 0.3) is 0 Å². The molecule has 1 amide bonds. The maximum absolute atomic E-state index is 11.3.